The fourth-order valence-corrected chi connectivity index (χ4v) is 4.37. The SMILES string of the molecule is O=C(O)N1CC2(CC(N3CCC(n4cccn4)CC3)C2)C1. The maximum absolute atomic E-state index is 10.8. The van der Waals surface area contributed by atoms with Crippen molar-refractivity contribution in [3.8, 4) is 0 Å². The molecule has 1 aromatic rings. The van der Waals surface area contributed by atoms with Gasteiger partial charge in [-0.2, -0.15) is 5.10 Å². The molecule has 2 aliphatic heterocycles. The third-order valence-electron chi connectivity index (χ3n) is 5.57. The van der Waals surface area contributed by atoms with Gasteiger partial charge in [0.15, 0.2) is 0 Å². The number of piperidine rings is 1. The fraction of sp³-hybridized carbons (Fsp3) is 0.733. The van der Waals surface area contributed by atoms with E-state index < -0.39 is 6.09 Å². The van der Waals surface area contributed by atoms with Crippen LogP contribution < -0.4 is 0 Å². The van der Waals surface area contributed by atoms with E-state index in [0.717, 1.165) is 26.2 Å². The summed E-state index contributed by atoms with van der Waals surface area (Å²) >= 11 is 0. The minimum Gasteiger partial charge on any atom is -0.465 e. The molecule has 3 fully saturated rings. The van der Waals surface area contributed by atoms with Crippen LogP contribution in [0.25, 0.3) is 0 Å². The Bertz CT molecular complexity index is 508. The normalized spacial score (nSPS) is 26.6. The van der Waals surface area contributed by atoms with Crippen LogP contribution in [-0.2, 0) is 0 Å². The molecule has 114 valence electrons. The first-order valence-electron chi connectivity index (χ1n) is 7.86. The van der Waals surface area contributed by atoms with Crippen molar-refractivity contribution < 1.29 is 9.90 Å². The molecular formula is C15H22N4O2. The predicted molar refractivity (Wildman–Crippen MR) is 77.1 cm³/mol. The molecule has 6 nitrogen and oxygen atoms in total. The smallest absolute Gasteiger partial charge is 0.407 e. The number of carbonyl (C=O) groups is 1. The van der Waals surface area contributed by atoms with Gasteiger partial charge in [-0.1, -0.05) is 0 Å². The Hall–Kier alpha value is -1.56. The largest absolute Gasteiger partial charge is 0.465 e. The van der Waals surface area contributed by atoms with Crippen molar-refractivity contribution in [3.05, 3.63) is 18.5 Å². The summed E-state index contributed by atoms with van der Waals surface area (Å²) in [7, 11) is 0. The van der Waals surface area contributed by atoms with Gasteiger partial charge in [0.05, 0.1) is 6.04 Å². The Morgan fingerprint density at radius 2 is 1.90 bits per heavy atom. The number of hydrogen-bond donors (Lipinski definition) is 1. The molecular weight excluding hydrogens is 268 g/mol. The standard InChI is InChI=1S/C15H22N4O2/c20-14(21)18-10-15(11-18)8-13(9-15)17-6-2-12(3-7-17)19-5-1-4-16-19/h1,4-5,12-13H,2-3,6-11H2,(H,20,21). The number of aromatic nitrogens is 2. The lowest BCUT2D eigenvalue weighted by Crippen LogP contribution is -2.67. The topological polar surface area (TPSA) is 61.6 Å². The van der Waals surface area contributed by atoms with E-state index in [0.29, 0.717) is 17.5 Å². The van der Waals surface area contributed by atoms with Gasteiger partial charge >= 0.3 is 6.09 Å². The van der Waals surface area contributed by atoms with Crippen molar-refractivity contribution in [2.75, 3.05) is 26.2 Å². The van der Waals surface area contributed by atoms with E-state index in [-0.39, 0.29) is 0 Å². The molecule has 2 saturated heterocycles. The van der Waals surface area contributed by atoms with Gasteiger partial charge < -0.3 is 14.9 Å². The van der Waals surface area contributed by atoms with Crippen LogP contribution in [0, 0.1) is 5.41 Å². The Balaban J connectivity index is 1.25. The highest BCUT2D eigenvalue weighted by molar-refractivity contribution is 5.66. The molecule has 1 aromatic heterocycles. The van der Waals surface area contributed by atoms with Crippen LogP contribution in [0.1, 0.15) is 31.7 Å². The zero-order valence-electron chi connectivity index (χ0n) is 12.2. The maximum atomic E-state index is 10.8. The number of rotatable bonds is 2. The molecule has 3 aliphatic rings. The molecule has 1 N–H and O–H groups in total. The number of amides is 1. The zero-order chi connectivity index (χ0) is 14.4. The lowest BCUT2D eigenvalue weighted by atomic mass is 9.60. The van der Waals surface area contributed by atoms with Crippen LogP contribution >= 0.6 is 0 Å². The molecule has 0 atom stereocenters. The molecule has 0 bridgehead atoms. The second kappa shape index (κ2) is 4.73. The van der Waals surface area contributed by atoms with Crippen LogP contribution in [0.2, 0.25) is 0 Å². The summed E-state index contributed by atoms with van der Waals surface area (Å²) in [6.07, 6.45) is 7.87. The average molecular weight is 290 g/mol. The second-order valence-electron chi connectivity index (χ2n) is 6.95. The van der Waals surface area contributed by atoms with Crippen molar-refractivity contribution in [3.63, 3.8) is 0 Å². The van der Waals surface area contributed by atoms with Crippen molar-refractivity contribution in [2.45, 2.75) is 37.8 Å². The van der Waals surface area contributed by atoms with Crippen molar-refractivity contribution in [1.82, 2.24) is 19.6 Å². The maximum Gasteiger partial charge on any atom is 0.407 e. The molecule has 0 aromatic carbocycles. The summed E-state index contributed by atoms with van der Waals surface area (Å²) < 4.78 is 2.09. The first-order chi connectivity index (χ1) is 10.2. The highest BCUT2D eigenvalue weighted by Gasteiger charge is 2.55. The Kier molecular flexibility index (Phi) is 2.96. The van der Waals surface area contributed by atoms with Crippen LogP contribution in [0.15, 0.2) is 18.5 Å². The summed E-state index contributed by atoms with van der Waals surface area (Å²) in [6, 6.07) is 3.23. The third-order valence-corrected chi connectivity index (χ3v) is 5.57. The fourth-order valence-electron chi connectivity index (χ4n) is 4.37. The molecule has 1 aliphatic carbocycles. The Morgan fingerprint density at radius 1 is 1.19 bits per heavy atom. The van der Waals surface area contributed by atoms with Gasteiger partial charge in [0.2, 0.25) is 0 Å². The van der Waals surface area contributed by atoms with Gasteiger partial charge in [-0.15, -0.1) is 0 Å². The summed E-state index contributed by atoms with van der Waals surface area (Å²) in [4.78, 5) is 15.0. The van der Waals surface area contributed by atoms with Gasteiger partial charge in [-0.25, -0.2) is 4.79 Å². The van der Waals surface area contributed by atoms with Crippen LogP contribution in [0.4, 0.5) is 4.79 Å². The molecule has 0 unspecified atom stereocenters. The van der Waals surface area contributed by atoms with Gasteiger partial charge in [-0.05, 0) is 31.7 Å². The molecule has 1 saturated carbocycles. The van der Waals surface area contributed by atoms with Gasteiger partial charge in [0, 0.05) is 50.0 Å². The van der Waals surface area contributed by atoms with Gasteiger partial charge in [0.1, 0.15) is 0 Å². The minimum atomic E-state index is -0.760. The number of nitrogens with zero attached hydrogens (tertiary/aromatic N) is 4. The molecule has 0 radical (unpaired) electrons. The molecule has 3 heterocycles. The zero-order valence-corrected chi connectivity index (χ0v) is 12.2. The predicted octanol–water partition coefficient (Wildman–Crippen LogP) is 1.66. The number of hydrogen-bond acceptors (Lipinski definition) is 3. The van der Waals surface area contributed by atoms with E-state index in [1.54, 1.807) is 4.90 Å². The van der Waals surface area contributed by atoms with Crippen LogP contribution in [-0.4, -0.2) is 63.0 Å². The van der Waals surface area contributed by atoms with E-state index in [4.69, 9.17) is 5.11 Å². The quantitative estimate of drug-likeness (QED) is 0.900. The summed E-state index contributed by atoms with van der Waals surface area (Å²) in [5.41, 5.74) is 0.321. The summed E-state index contributed by atoms with van der Waals surface area (Å²) in [5, 5.41) is 13.3. The van der Waals surface area contributed by atoms with E-state index in [1.807, 2.05) is 12.3 Å². The van der Waals surface area contributed by atoms with E-state index in [9.17, 15) is 4.79 Å². The van der Waals surface area contributed by atoms with Crippen molar-refractivity contribution in [1.29, 1.82) is 0 Å². The second-order valence-corrected chi connectivity index (χ2v) is 6.95. The lowest BCUT2D eigenvalue weighted by Gasteiger charge is -2.60. The molecule has 4 rings (SSSR count). The highest BCUT2D eigenvalue weighted by Crippen LogP contribution is 2.50. The molecule has 6 heteroatoms. The van der Waals surface area contributed by atoms with E-state index in [1.165, 1.54) is 25.7 Å². The highest BCUT2D eigenvalue weighted by atomic mass is 16.4. The average Bonchev–Trinajstić information content (AvgIpc) is 2.89. The van der Waals surface area contributed by atoms with Crippen molar-refractivity contribution >= 4 is 6.09 Å². The Morgan fingerprint density at radius 3 is 2.48 bits per heavy atom. The molecule has 1 spiro atoms. The van der Waals surface area contributed by atoms with E-state index in [2.05, 4.69) is 20.9 Å². The third kappa shape index (κ3) is 2.21. The van der Waals surface area contributed by atoms with Crippen LogP contribution in [0.5, 0.6) is 0 Å². The molecule has 21 heavy (non-hydrogen) atoms. The number of likely N-dealkylation sites (tertiary alicyclic amines) is 2. The minimum absolute atomic E-state index is 0.321. The monoisotopic (exact) mass is 290 g/mol. The van der Waals surface area contributed by atoms with Crippen LogP contribution in [0.3, 0.4) is 0 Å². The lowest BCUT2D eigenvalue weighted by molar-refractivity contribution is -0.101. The summed E-state index contributed by atoms with van der Waals surface area (Å²) in [6.45, 7) is 3.80. The van der Waals surface area contributed by atoms with Gasteiger partial charge in [0.25, 0.3) is 0 Å². The first kappa shape index (κ1) is 13.1. The van der Waals surface area contributed by atoms with Gasteiger partial charge in [-0.3, -0.25) is 4.68 Å². The molecule has 1 amide bonds. The first-order valence-corrected chi connectivity index (χ1v) is 7.86. The number of carboxylic acid groups (broad SMARTS) is 1. The van der Waals surface area contributed by atoms with E-state index >= 15 is 0 Å². The van der Waals surface area contributed by atoms with Crippen molar-refractivity contribution in [2.24, 2.45) is 5.41 Å². The Labute approximate surface area is 124 Å². The summed E-state index contributed by atoms with van der Waals surface area (Å²) in [5.74, 6) is 0.